The third-order valence-corrected chi connectivity index (χ3v) is 5.95. The maximum Gasteiger partial charge on any atom is 0.157 e. The Morgan fingerprint density at radius 3 is 2.24 bits per heavy atom. The van der Waals surface area contributed by atoms with Gasteiger partial charge in [-0.15, -0.1) is 0 Å². The molecule has 0 aromatic heterocycles. The van der Waals surface area contributed by atoms with Crippen LogP contribution in [0.5, 0.6) is 0 Å². The van der Waals surface area contributed by atoms with E-state index in [1.807, 2.05) is 0 Å². The van der Waals surface area contributed by atoms with Gasteiger partial charge in [-0.2, -0.15) is 0 Å². The van der Waals surface area contributed by atoms with E-state index >= 15 is 0 Å². The van der Waals surface area contributed by atoms with Crippen LogP contribution in [0, 0.1) is 11.8 Å². The van der Waals surface area contributed by atoms with Gasteiger partial charge in [-0.25, -0.2) is 0 Å². The number of rotatable bonds is 6. The molecule has 1 aromatic carbocycles. The molecule has 1 heterocycles. The minimum atomic E-state index is 0.0174. The number of benzene rings is 1. The largest absolute Gasteiger partial charge is 0.356 e. The highest BCUT2D eigenvalue weighted by molar-refractivity contribution is 5.26. The van der Waals surface area contributed by atoms with Crippen LogP contribution in [0.3, 0.4) is 0 Å². The van der Waals surface area contributed by atoms with Gasteiger partial charge in [0.05, 0.1) is 6.61 Å². The molecule has 2 nitrogen and oxygen atoms in total. The van der Waals surface area contributed by atoms with Crippen molar-refractivity contribution < 1.29 is 9.47 Å². The molecule has 3 rings (SSSR count). The summed E-state index contributed by atoms with van der Waals surface area (Å²) >= 11 is 0. The highest BCUT2D eigenvalue weighted by Gasteiger charge is 2.22. The third-order valence-electron chi connectivity index (χ3n) is 5.95. The van der Waals surface area contributed by atoms with Crippen LogP contribution >= 0.6 is 0 Å². The number of aryl methyl sites for hydroxylation is 1. The SMILES string of the molecule is CCCc1ccc(C2CCC(/C=C/C3CCC(OC)OC3)CC2)cc1. The van der Waals surface area contributed by atoms with Crippen LogP contribution in [-0.2, 0) is 15.9 Å². The van der Waals surface area contributed by atoms with Crippen LogP contribution in [0.1, 0.15) is 68.9 Å². The maximum atomic E-state index is 5.71. The van der Waals surface area contributed by atoms with Crippen LogP contribution < -0.4 is 0 Å². The first-order valence-electron chi connectivity index (χ1n) is 10.2. The predicted octanol–water partition coefficient (Wildman–Crippen LogP) is 5.87. The molecule has 2 aliphatic rings. The van der Waals surface area contributed by atoms with Gasteiger partial charge >= 0.3 is 0 Å². The molecule has 0 N–H and O–H groups in total. The first kappa shape index (κ1) is 18.7. The van der Waals surface area contributed by atoms with Crippen LogP contribution in [0.25, 0.3) is 0 Å². The lowest BCUT2D eigenvalue weighted by Crippen LogP contribution is -2.26. The Balaban J connectivity index is 1.43. The van der Waals surface area contributed by atoms with Gasteiger partial charge in [0.1, 0.15) is 0 Å². The van der Waals surface area contributed by atoms with Gasteiger partial charge in [-0.3, -0.25) is 0 Å². The highest BCUT2D eigenvalue weighted by atomic mass is 16.7. The minimum Gasteiger partial charge on any atom is -0.356 e. The Bertz CT molecular complexity index is 518. The quantitative estimate of drug-likeness (QED) is 0.602. The summed E-state index contributed by atoms with van der Waals surface area (Å²) in [5.74, 6) is 2.10. The molecule has 2 unspecified atom stereocenters. The lowest BCUT2D eigenvalue weighted by molar-refractivity contribution is -0.154. The normalized spacial score (nSPS) is 30.6. The fourth-order valence-electron chi connectivity index (χ4n) is 4.29. The maximum absolute atomic E-state index is 5.71. The summed E-state index contributed by atoms with van der Waals surface area (Å²) in [7, 11) is 1.73. The summed E-state index contributed by atoms with van der Waals surface area (Å²) in [6.07, 6.45) is 14.9. The molecule has 1 aliphatic heterocycles. The van der Waals surface area contributed by atoms with E-state index in [0.29, 0.717) is 5.92 Å². The van der Waals surface area contributed by atoms with E-state index in [9.17, 15) is 0 Å². The summed E-state index contributed by atoms with van der Waals surface area (Å²) in [4.78, 5) is 0. The van der Waals surface area contributed by atoms with Gasteiger partial charge in [-0.1, -0.05) is 49.8 Å². The Hall–Kier alpha value is -1.12. The molecule has 1 saturated carbocycles. The molecule has 0 radical (unpaired) electrons. The molecule has 1 aromatic rings. The highest BCUT2D eigenvalue weighted by Crippen LogP contribution is 2.36. The summed E-state index contributed by atoms with van der Waals surface area (Å²) < 4.78 is 11.0. The number of methoxy groups -OCH3 is 1. The molecule has 0 bridgehead atoms. The Morgan fingerprint density at radius 1 is 0.960 bits per heavy atom. The molecular formula is C23H34O2. The van der Waals surface area contributed by atoms with Gasteiger partial charge in [0.25, 0.3) is 0 Å². The van der Waals surface area contributed by atoms with Crippen molar-refractivity contribution in [3.05, 3.63) is 47.5 Å². The van der Waals surface area contributed by atoms with Crippen molar-refractivity contribution in [1.29, 1.82) is 0 Å². The van der Waals surface area contributed by atoms with Crippen molar-refractivity contribution in [2.45, 2.75) is 70.5 Å². The molecule has 2 heteroatoms. The minimum absolute atomic E-state index is 0.0174. The lowest BCUT2D eigenvalue weighted by atomic mass is 9.78. The molecule has 0 spiro atoms. The Labute approximate surface area is 153 Å². The average Bonchev–Trinajstić information content (AvgIpc) is 2.68. The Morgan fingerprint density at radius 2 is 1.64 bits per heavy atom. The monoisotopic (exact) mass is 342 g/mol. The van der Waals surface area contributed by atoms with Crippen LogP contribution in [0.4, 0.5) is 0 Å². The van der Waals surface area contributed by atoms with Crippen molar-refractivity contribution in [1.82, 2.24) is 0 Å². The van der Waals surface area contributed by atoms with Crippen LogP contribution in [0.15, 0.2) is 36.4 Å². The molecule has 0 amide bonds. The van der Waals surface area contributed by atoms with Gasteiger partial charge in [-0.05, 0) is 67.9 Å². The standard InChI is InChI=1S/C23H34O2/c1-3-4-18-7-12-21(13-8-18)22-14-9-19(10-15-22)5-6-20-11-16-23(24-2)25-17-20/h5-8,12-13,19-20,22-23H,3-4,9-11,14-17H2,1-2H3/b6-5+. The zero-order valence-electron chi connectivity index (χ0n) is 16.0. The molecule has 138 valence electrons. The summed E-state index contributed by atoms with van der Waals surface area (Å²) in [5.41, 5.74) is 3.03. The predicted molar refractivity (Wildman–Crippen MR) is 104 cm³/mol. The van der Waals surface area contributed by atoms with E-state index in [1.54, 1.807) is 12.7 Å². The zero-order valence-corrected chi connectivity index (χ0v) is 16.0. The van der Waals surface area contributed by atoms with Crippen molar-refractivity contribution in [2.24, 2.45) is 11.8 Å². The van der Waals surface area contributed by atoms with Crippen molar-refractivity contribution in [3.63, 3.8) is 0 Å². The van der Waals surface area contributed by atoms with E-state index < -0.39 is 0 Å². The fourth-order valence-corrected chi connectivity index (χ4v) is 4.29. The van der Waals surface area contributed by atoms with Gasteiger partial charge in [0, 0.05) is 13.0 Å². The molecular weight excluding hydrogens is 308 g/mol. The van der Waals surface area contributed by atoms with Gasteiger partial charge < -0.3 is 9.47 Å². The molecule has 1 saturated heterocycles. The molecule has 25 heavy (non-hydrogen) atoms. The third kappa shape index (κ3) is 5.43. The number of allylic oxidation sites excluding steroid dienone is 1. The van der Waals surface area contributed by atoms with Gasteiger partial charge in [0.2, 0.25) is 0 Å². The summed E-state index contributed by atoms with van der Waals surface area (Å²) in [5, 5.41) is 0. The topological polar surface area (TPSA) is 18.5 Å². The molecule has 2 atom stereocenters. The molecule has 1 aliphatic carbocycles. The molecule has 2 fully saturated rings. The lowest BCUT2D eigenvalue weighted by Gasteiger charge is -2.29. The van der Waals surface area contributed by atoms with E-state index in [0.717, 1.165) is 24.9 Å². The van der Waals surface area contributed by atoms with E-state index in [2.05, 4.69) is 43.3 Å². The number of hydrogen-bond donors (Lipinski definition) is 0. The van der Waals surface area contributed by atoms with Crippen LogP contribution in [0.2, 0.25) is 0 Å². The van der Waals surface area contributed by atoms with Gasteiger partial charge in [0.15, 0.2) is 6.29 Å². The van der Waals surface area contributed by atoms with Crippen molar-refractivity contribution in [3.8, 4) is 0 Å². The fraction of sp³-hybridized carbons (Fsp3) is 0.652. The first-order valence-corrected chi connectivity index (χ1v) is 10.2. The number of hydrogen-bond acceptors (Lipinski definition) is 2. The zero-order chi connectivity index (χ0) is 17.5. The Kier molecular flexibility index (Phi) is 7.12. The average molecular weight is 343 g/mol. The van der Waals surface area contributed by atoms with E-state index in [4.69, 9.17) is 9.47 Å². The first-order chi connectivity index (χ1) is 12.3. The second kappa shape index (κ2) is 9.54. The van der Waals surface area contributed by atoms with Crippen LogP contribution in [-0.4, -0.2) is 20.0 Å². The second-order valence-electron chi connectivity index (χ2n) is 7.82. The van der Waals surface area contributed by atoms with E-state index in [1.165, 1.54) is 50.5 Å². The summed E-state index contributed by atoms with van der Waals surface area (Å²) in [6, 6.07) is 9.41. The second-order valence-corrected chi connectivity index (χ2v) is 7.82. The summed E-state index contributed by atoms with van der Waals surface area (Å²) in [6.45, 7) is 3.06. The van der Waals surface area contributed by atoms with E-state index in [-0.39, 0.29) is 6.29 Å². The smallest absolute Gasteiger partial charge is 0.157 e. The number of ether oxygens (including phenoxy) is 2. The van der Waals surface area contributed by atoms with Crippen molar-refractivity contribution >= 4 is 0 Å². The van der Waals surface area contributed by atoms with Crippen molar-refractivity contribution in [2.75, 3.05) is 13.7 Å².